The Labute approximate surface area is 47.2 Å². The average Bonchev–Trinajstić information content (AvgIpc) is 1.62. The van der Waals surface area contributed by atoms with Crippen molar-refractivity contribution in [2.45, 2.75) is 0 Å². The summed E-state index contributed by atoms with van der Waals surface area (Å²) in [6, 6.07) is 0. The molecule has 0 saturated carbocycles. The van der Waals surface area contributed by atoms with Crippen LogP contribution in [-0.4, -0.2) is 18.8 Å². The first-order valence-corrected chi connectivity index (χ1v) is 2.22. The molecule has 3 nitrogen and oxygen atoms in total. The molecule has 0 aliphatic carbocycles. The molecule has 3 heteroatoms. The molecular formula is C5H5N3. The van der Waals surface area contributed by atoms with E-state index >= 15 is 0 Å². The van der Waals surface area contributed by atoms with Crippen molar-refractivity contribution in [1.29, 1.82) is 0 Å². The van der Waals surface area contributed by atoms with Crippen molar-refractivity contribution < 1.29 is 0 Å². The van der Waals surface area contributed by atoms with Crippen LogP contribution in [0.4, 0.5) is 0 Å². The molecule has 0 fully saturated rings. The Morgan fingerprint density at radius 3 is 2.50 bits per heavy atom. The summed E-state index contributed by atoms with van der Waals surface area (Å²) in [4.78, 5) is 11.2. The summed E-state index contributed by atoms with van der Waals surface area (Å²) < 4.78 is 0. The Balaban J connectivity index is 2.67. The normalized spacial score (nSPS) is 16.0. The molecule has 0 saturated heterocycles. The van der Waals surface area contributed by atoms with Gasteiger partial charge in [0.25, 0.3) is 0 Å². The first kappa shape index (κ1) is 4.90. The molecule has 1 rings (SSSR count). The fraction of sp³-hybridized carbons (Fsp3) is 0. The van der Waals surface area contributed by atoms with E-state index in [2.05, 4.69) is 15.0 Å². The van der Waals surface area contributed by atoms with E-state index in [1.54, 1.807) is 24.8 Å². The summed E-state index contributed by atoms with van der Waals surface area (Å²) in [5.74, 6) is 0. The predicted molar refractivity (Wildman–Crippen MR) is 34.6 cm³/mol. The third-order valence-electron chi connectivity index (χ3n) is 0.611. The van der Waals surface area contributed by atoms with Crippen LogP contribution < -0.4 is 0 Å². The Bertz CT molecular complexity index is 109. The number of nitrogens with zero attached hydrogens (tertiary/aromatic N) is 3. The van der Waals surface area contributed by atoms with Gasteiger partial charge in [0.05, 0.1) is 0 Å². The van der Waals surface area contributed by atoms with Crippen molar-refractivity contribution >= 4 is 18.8 Å². The smallest absolute Gasteiger partial charge is 0.115 e. The van der Waals surface area contributed by atoms with Crippen LogP contribution in [0.25, 0.3) is 0 Å². The number of aliphatic imine (C=N–C) groups is 3. The lowest BCUT2D eigenvalue weighted by molar-refractivity contribution is 1.47. The fourth-order valence-electron chi connectivity index (χ4n) is 0.319. The van der Waals surface area contributed by atoms with Crippen LogP contribution in [0, 0.1) is 0 Å². The topological polar surface area (TPSA) is 37.1 Å². The summed E-state index contributed by atoms with van der Waals surface area (Å²) in [5, 5.41) is 0. The lowest BCUT2D eigenvalue weighted by atomic mass is 10.7. The van der Waals surface area contributed by atoms with Gasteiger partial charge >= 0.3 is 0 Å². The van der Waals surface area contributed by atoms with Gasteiger partial charge in [-0.2, -0.15) is 0 Å². The zero-order valence-corrected chi connectivity index (χ0v) is 4.23. The van der Waals surface area contributed by atoms with Crippen LogP contribution in [0.5, 0.6) is 0 Å². The van der Waals surface area contributed by atoms with Gasteiger partial charge in [-0.15, -0.1) is 0 Å². The SMILES string of the molecule is C1=CN=CN=CC=N1. The van der Waals surface area contributed by atoms with Gasteiger partial charge in [0.2, 0.25) is 0 Å². The zero-order chi connectivity index (χ0) is 5.66. The minimum atomic E-state index is 1.46. The van der Waals surface area contributed by atoms with Crippen LogP contribution in [0.2, 0.25) is 0 Å². The van der Waals surface area contributed by atoms with Gasteiger partial charge in [-0.05, 0) is 0 Å². The summed E-state index contributed by atoms with van der Waals surface area (Å²) in [6.45, 7) is 0. The van der Waals surface area contributed by atoms with Gasteiger partial charge in [-0.3, -0.25) is 4.99 Å². The van der Waals surface area contributed by atoms with E-state index in [1.807, 2.05) is 0 Å². The van der Waals surface area contributed by atoms with E-state index < -0.39 is 0 Å². The minimum Gasteiger partial charge on any atom is -0.262 e. The van der Waals surface area contributed by atoms with Gasteiger partial charge in [0.1, 0.15) is 6.34 Å². The van der Waals surface area contributed by atoms with E-state index in [9.17, 15) is 0 Å². The van der Waals surface area contributed by atoms with Gasteiger partial charge in [0, 0.05) is 24.8 Å². The largest absolute Gasteiger partial charge is 0.262 e. The molecule has 0 spiro atoms. The van der Waals surface area contributed by atoms with Crippen LogP contribution in [-0.2, 0) is 0 Å². The minimum absolute atomic E-state index is 1.46. The van der Waals surface area contributed by atoms with Crippen molar-refractivity contribution in [2.75, 3.05) is 0 Å². The molecule has 0 unspecified atom stereocenters. The van der Waals surface area contributed by atoms with Crippen LogP contribution in [0.3, 0.4) is 0 Å². The third kappa shape index (κ3) is 1.47. The molecule has 1 heterocycles. The molecule has 1 aliphatic heterocycles. The molecule has 0 atom stereocenters. The first-order chi connectivity index (χ1) is 4.00. The monoisotopic (exact) mass is 107 g/mol. The molecule has 8 heavy (non-hydrogen) atoms. The van der Waals surface area contributed by atoms with Crippen molar-refractivity contribution in [3.63, 3.8) is 0 Å². The van der Waals surface area contributed by atoms with E-state index in [1.165, 1.54) is 6.34 Å². The van der Waals surface area contributed by atoms with Crippen LogP contribution in [0.1, 0.15) is 0 Å². The quantitative estimate of drug-likeness (QED) is 0.435. The second kappa shape index (κ2) is 2.85. The standard InChI is InChI=1S/C5H5N3/c1-3-7-5-8-4-2-6-1/h1-5H. The maximum absolute atomic E-state index is 3.76. The molecule has 0 amide bonds. The van der Waals surface area contributed by atoms with Gasteiger partial charge in [-0.1, -0.05) is 0 Å². The third-order valence-corrected chi connectivity index (χ3v) is 0.611. The van der Waals surface area contributed by atoms with E-state index in [4.69, 9.17) is 0 Å². The maximum atomic E-state index is 3.76. The highest BCUT2D eigenvalue weighted by Crippen LogP contribution is 1.76. The molecule has 0 radical (unpaired) electrons. The van der Waals surface area contributed by atoms with Gasteiger partial charge < -0.3 is 0 Å². The Kier molecular flexibility index (Phi) is 1.74. The van der Waals surface area contributed by atoms with E-state index in [-0.39, 0.29) is 0 Å². The lowest BCUT2D eigenvalue weighted by Gasteiger charge is -1.77. The summed E-state index contributed by atoms with van der Waals surface area (Å²) >= 11 is 0. The van der Waals surface area contributed by atoms with Crippen LogP contribution in [0.15, 0.2) is 27.4 Å². The first-order valence-electron chi connectivity index (χ1n) is 2.22. The van der Waals surface area contributed by atoms with Gasteiger partial charge in [0.15, 0.2) is 0 Å². The average molecular weight is 107 g/mol. The van der Waals surface area contributed by atoms with E-state index in [0.717, 1.165) is 0 Å². The predicted octanol–water partition coefficient (Wildman–Crippen LogP) is 0.641. The van der Waals surface area contributed by atoms with Crippen molar-refractivity contribution in [3.8, 4) is 0 Å². The van der Waals surface area contributed by atoms with Crippen molar-refractivity contribution in [3.05, 3.63) is 12.4 Å². The molecule has 0 N–H and O–H groups in total. The molecule has 0 aromatic rings. The summed E-state index contributed by atoms with van der Waals surface area (Å²) in [6.07, 6.45) is 7.81. The number of rotatable bonds is 0. The zero-order valence-electron chi connectivity index (χ0n) is 4.23. The van der Waals surface area contributed by atoms with Crippen LogP contribution >= 0.6 is 0 Å². The highest BCUT2D eigenvalue weighted by molar-refractivity contribution is 6.18. The number of hydrogen-bond donors (Lipinski definition) is 0. The lowest BCUT2D eigenvalue weighted by Crippen LogP contribution is -1.76. The number of hydrogen-bond acceptors (Lipinski definition) is 3. The van der Waals surface area contributed by atoms with Crippen molar-refractivity contribution in [2.24, 2.45) is 15.0 Å². The Morgan fingerprint density at radius 1 is 0.750 bits per heavy atom. The maximum Gasteiger partial charge on any atom is 0.115 e. The van der Waals surface area contributed by atoms with Gasteiger partial charge in [-0.25, -0.2) is 9.98 Å². The molecule has 0 aromatic carbocycles. The second-order valence-electron chi connectivity index (χ2n) is 1.16. The second-order valence-corrected chi connectivity index (χ2v) is 1.16. The van der Waals surface area contributed by atoms with Crippen molar-refractivity contribution in [1.82, 2.24) is 0 Å². The molecular weight excluding hydrogens is 102 g/mol. The summed E-state index contributed by atoms with van der Waals surface area (Å²) in [5.41, 5.74) is 0. The molecule has 0 bridgehead atoms. The molecule has 1 aliphatic rings. The Morgan fingerprint density at radius 2 is 1.50 bits per heavy atom. The summed E-state index contributed by atoms with van der Waals surface area (Å²) in [7, 11) is 0. The molecule has 0 aromatic heterocycles. The van der Waals surface area contributed by atoms with E-state index in [0.29, 0.717) is 0 Å². The molecule has 40 valence electrons. The Hall–Kier alpha value is -1.25. The fourth-order valence-corrected chi connectivity index (χ4v) is 0.319. The highest BCUT2D eigenvalue weighted by atomic mass is 14.9. The highest BCUT2D eigenvalue weighted by Gasteiger charge is 1.66.